The molecule has 0 saturated heterocycles. The highest BCUT2D eigenvalue weighted by molar-refractivity contribution is 6.30. The van der Waals surface area contributed by atoms with Crippen molar-refractivity contribution in [2.24, 2.45) is 0 Å². The van der Waals surface area contributed by atoms with Crippen LogP contribution in [0.5, 0.6) is 5.75 Å². The van der Waals surface area contributed by atoms with E-state index in [1.165, 1.54) is 12.1 Å². The van der Waals surface area contributed by atoms with Gasteiger partial charge in [-0.15, -0.1) is 0 Å². The molecule has 0 unspecified atom stereocenters. The van der Waals surface area contributed by atoms with Crippen LogP contribution in [0.25, 0.3) is 0 Å². The van der Waals surface area contributed by atoms with E-state index in [4.69, 9.17) is 21.4 Å². The molecule has 1 rings (SSSR count). The van der Waals surface area contributed by atoms with E-state index in [0.29, 0.717) is 6.42 Å². The van der Waals surface area contributed by atoms with Crippen molar-refractivity contribution in [2.75, 3.05) is 6.61 Å². The van der Waals surface area contributed by atoms with Crippen LogP contribution < -0.4 is 4.74 Å². The number of rotatable bonds is 5. The number of hydrogen-bond acceptors (Lipinski definition) is 2. The van der Waals surface area contributed by atoms with Crippen LogP contribution in [0.1, 0.15) is 12.8 Å². The van der Waals surface area contributed by atoms with Crippen LogP contribution in [0.3, 0.4) is 0 Å². The molecular formula is C10H10ClFO3. The molecule has 0 fully saturated rings. The largest absolute Gasteiger partial charge is 0.490 e. The molecule has 0 aliphatic rings. The van der Waals surface area contributed by atoms with Gasteiger partial charge in [-0.25, -0.2) is 4.39 Å². The molecule has 3 nitrogen and oxygen atoms in total. The van der Waals surface area contributed by atoms with Gasteiger partial charge in [-0.2, -0.15) is 0 Å². The maximum Gasteiger partial charge on any atom is 0.303 e. The van der Waals surface area contributed by atoms with Gasteiger partial charge in [0.15, 0.2) is 11.6 Å². The fourth-order valence-electron chi connectivity index (χ4n) is 1.00. The van der Waals surface area contributed by atoms with Gasteiger partial charge in [0.05, 0.1) is 11.6 Å². The Hall–Kier alpha value is -1.29. The molecule has 0 aliphatic heterocycles. The molecule has 1 aromatic rings. The fraction of sp³-hybridized carbons (Fsp3) is 0.300. The van der Waals surface area contributed by atoms with Gasteiger partial charge in [-0.3, -0.25) is 4.79 Å². The van der Waals surface area contributed by atoms with E-state index >= 15 is 0 Å². The van der Waals surface area contributed by atoms with Crippen molar-refractivity contribution in [1.82, 2.24) is 0 Å². The van der Waals surface area contributed by atoms with Gasteiger partial charge in [0, 0.05) is 6.42 Å². The molecule has 0 amide bonds. The first-order valence-electron chi connectivity index (χ1n) is 4.40. The Balaban J connectivity index is 2.44. The first kappa shape index (κ1) is 11.8. The van der Waals surface area contributed by atoms with E-state index in [1.54, 1.807) is 6.07 Å². The molecule has 82 valence electrons. The molecule has 0 saturated carbocycles. The third-order valence-corrected chi connectivity index (χ3v) is 2.00. The summed E-state index contributed by atoms with van der Waals surface area (Å²) in [4.78, 5) is 10.2. The van der Waals surface area contributed by atoms with Crippen LogP contribution in [0.2, 0.25) is 5.02 Å². The minimum absolute atomic E-state index is 0.00217. The monoisotopic (exact) mass is 232 g/mol. The Morgan fingerprint density at radius 2 is 2.27 bits per heavy atom. The summed E-state index contributed by atoms with van der Waals surface area (Å²) in [5.74, 6) is -1.47. The Morgan fingerprint density at radius 3 is 2.93 bits per heavy atom. The molecule has 1 aromatic carbocycles. The highest BCUT2D eigenvalue weighted by Crippen LogP contribution is 2.24. The third kappa shape index (κ3) is 3.75. The predicted molar refractivity (Wildman–Crippen MR) is 53.8 cm³/mol. The lowest BCUT2D eigenvalue weighted by atomic mass is 10.3. The van der Waals surface area contributed by atoms with Gasteiger partial charge in [0.25, 0.3) is 0 Å². The topological polar surface area (TPSA) is 46.5 Å². The Bertz CT molecular complexity index is 355. The summed E-state index contributed by atoms with van der Waals surface area (Å²) in [5, 5.41) is 8.35. The number of aliphatic carboxylic acids is 1. The standard InChI is InChI=1S/C10H10ClFO3/c11-7-3-1-4-8(10(7)12)15-6-2-5-9(13)14/h1,3-4H,2,5-6H2,(H,13,14). The van der Waals surface area contributed by atoms with Crippen molar-refractivity contribution in [3.05, 3.63) is 29.0 Å². The van der Waals surface area contributed by atoms with Crippen molar-refractivity contribution in [2.45, 2.75) is 12.8 Å². The SMILES string of the molecule is O=C(O)CCCOc1cccc(Cl)c1F. The number of carbonyl (C=O) groups is 1. The van der Waals surface area contributed by atoms with Gasteiger partial charge >= 0.3 is 5.97 Å². The Kier molecular flexibility index (Phi) is 4.37. The van der Waals surface area contributed by atoms with Crippen LogP contribution in [0.4, 0.5) is 4.39 Å². The number of ether oxygens (including phenoxy) is 1. The zero-order valence-electron chi connectivity index (χ0n) is 7.87. The normalized spacial score (nSPS) is 10.0. The maximum atomic E-state index is 13.2. The van der Waals surface area contributed by atoms with Gasteiger partial charge in [0.1, 0.15) is 0 Å². The van der Waals surface area contributed by atoms with Crippen molar-refractivity contribution in [3.63, 3.8) is 0 Å². The number of carboxylic acid groups (broad SMARTS) is 1. The first-order valence-corrected chi connectivity index (χ1v) is 4.77. The van der Waals surface area contributed by atoms with Crippen molar-refractivity contribution < 1.29 is 19.0 Å². The molecule has 5 heteroatoms. The lowest BCUT2D eigenvalue weighted by molar-refractivity contribution is -0.137. The van der Waals surface area contributed by atoms with E-state index in [2.05, 4.69) is 0 Å². The zero-order chi connectivity index (χ0) is 11.3. The lowest BCUT2D eigenvalue weighted by Gasteiger charge is -2.06. The van der Waals surface area contributed by atoms with E-state index in [1.807, 2.05) is 0 Å². The molecule has 0 aliphatic carbocycles. The lowest BCUT2D eigenvalue weighted by Crippen LogP contribution is -2.03. The minimum Gasteiger partial charge on any atom is -0.490 e. The van der Waals surface area contributed by atoms with Gasteiger partial charge < -0.3 is 9.84 Å². The molecule has 0 atom stereocenters. The van der Waals surface area contributed by atoms with E-state index in [9.17, 15) is 9.18 Å². The second-order valence-corrected chi connectivity index (χ2v) is 3.30. The number of halogens is 2. The Labute approximate surface area is 91.4 Å². The first-order chi connectivity index (χ1) is 7.11. The zero-order valence-corrected chi connectivity index (χ0v) is 8.63. The quantitative estimate of drug-likeness (QED) is 0.794. The number of carboxylic acids is 1. The van der Waals surface area contributed by atoms with Crippen LogP contribution in [-0.4, -0.2) is 17.7 Å². The summed E-state index contributed by atoms with van der Waals surface area (Å²) in [6, 6.07) is 4.43. The fourth-order valence-corrected chi connectivity index (χ4v) is 1.17. The van der Waals surface area contributed by atoms with Crippen LogP contribution in [0.15, 0.2) is 18.2 Å². The predicted octanol–water partition coefficient (Wildman–Crippen LogP) is 2.72. The van der Waals surface area contributed by atoms with Crippen molar-refractivity contribution >= 4 is 17.6 Å². The van der Waals surface area contributed by atoms with Gasteiger partial charge in [0.2, 0.25) is 0 Å². The van der Waals surface area contributed by atoms with Crippen LogP contribution in [0, 0.1) is 5.82 Å². The molecule has 0 aromatic heterocycles. The third-order valence-electron chi connectivity index (χ3n) is 1.71. The second kappa shape index (κ2) is 5.56. The van der Waals surface area contributed by atoms with E-state index in [-0.39, 0.29) is 23.8 Å². The summed E-state index contributed by atoms with van der Waals surface area (Å²) in [6.45, 7) is 0.156. The van der Waals surface area contributed by atoms with Crippen LogP contribution in [-0.2, 0) is 4.79 Å². The molecule has 0 radical (unpaired) electrons. The molecule has 15 heavy (non-hydrogen) atoms. The number of benzene rings is 1. The molecule has 0 spiro atoms. The summed E-state index contributed by atoms with van der Waals surface area (Å²) in [6.07, 6.45) is 0.337. The average Bonchev–Trinajstić information content (AvgIpc) is 2.18. The van der Waals surface area contributed by atoms with Crippen molar-refractivity contribution in [3.8, 4) is 5.75 Å². The summed E-state index contributed by atoms with van der Waals surface area (Å²) in [7, 11) is 0. The van der Waals surface area contributed by atoms with E-state index < -0.39 is 11.8 Å². The summed E-state index contributed by atoms with van der Waals surface area (Å²) < 4.78 is 18.3. The Morgan fingerprint density at radius 1 is 1.53 bits per heavy atom. The average molecular weight is 233 g/mol. The molecular weight excluding hydrogens is 223 g/mol. The molecule has 0 bridgehead atoms. The highest BCUT2D eigenvalue weighted by Gasteiger charge is 2.06. The van der Waals surface area contributed by atoms with E-state index in [0.717, 1.165) is 0 Å². The van der Waals surface area contributed by atoms with Crippen molar-refractivity contribution in [1.29, 1.82) is 0 Å². The van der Waals surface area contributed by atoms with Gasteiger partial charge in [-0.1, -0.05) is 17.7 Å². The molecule has 1 N–H and O–H groups in total. The minimum atomic E-state index is -0.898. The second-order valence-electron chi connectivity index (χ2n) is 2.90. The van der Waals surface area contributed by atoms with Crippen LogP contribution >= 0.6 is 11.6 Å². The summed E-state index contributed by atoms with van der Waals surface area (Å²) in [5.41, 5.74) is 0. The smallest absolute Gasteiger partial charge is 0.303 e. The maximum absolute atomic E-state index is 13.2. The van der Waals surface area contributed by atoms with Gasteiger partial charge in [-0.05, 0) is 18.6 Å². The molecule has 0 heterocycles. The highest BCUT2D eigenvalue weighted by atomic mass is 35.5. The number of hydrogen-bond donors (Lipinski definition) is 1. The summed E-state index contributed by atoms with van der Waals surface area (Å²) >= 11 is 5.53.